The molecule has 2 aliphatic rings. The van der Waals surface area contributed by atoms with Gasteiger partial charge in [-0.2, -0.15) is 0 Å². The molecule has 3 rings (SSSR count). The van der Waals surface area contributed by atoms with Gasteiger partial charge < -0.3 is 20.1 Å². The normalized spacial score (nSPS) is 23.4. The van der Waals surface area contributed by atoms with Crippen LogP contribution in [0, 0.1) is 0 Å². The minimum Gasteiger partial charge on any atom is -0.376 e. The van der Waals surface area contributed by atoms with Gasteiger partial charge in [-0.15, -0.1) is 0 Å². The molecule has 6 heteroatoms. The lowest BCUT2D eigenvalue weighted by Crippen LogP contribution is -2.46. The summed E-state index contributed by atoms with van der Waals surface area (Å²) in [5.74, 6) is 0.817. The summed E-state index contributed by atoms with van der Waals surface area (Å²) in [6.45, 7) is 3.60. The van der Waals surface area contributed by atoms with Gasteiger partial charge >= 0.3 is 0 Å². The lowest BCUT2D eigenvalue weighted by Gasteiger charge is -2.25. The van der Waals surface area contributed by atoms with Crippen molar-refractivity contribution in [2.75, 3.05) is 40.0 Å². The molecule has 23 heavy (non-hydrogen) atoms. The highest BCUT2D eigenvalue weighted by Crippen LogP contribution is 2.49. The van der Waals surface area contributed by atoms with Crippen LogP contribution in [0.3, 0.4) is 0 Å². The fourth-order valence-electron chi connectivity index (χ4n) is 2.92. The molecule has 0 amide bonds. The standard InChI is InChI=1S/C17H24BrN3O2/c1-19-16(20-10-13-11-22-8-9-23-13)21-12-17(6-7-17)14-4-2-3-5-15(14)18/h2-5,13H,6-12H2,1H3,(H2,19,20,21). The Balaban J connectivity index is 1.51. The molecule has 126 valence electrons. The van der Waals surface area contributed by atoms with Crippen LogP contribution in [-0.4, -0.2) is 52.0 Å². The van der Waals surface area contributed by atoms with Crippen molar-refractivity contribution >= 4 is 21.9 Å². The third kappa shape index (κ3) is 4.25. The molecule has 1 aliphatic carbocycles. The summed E-state index contributed by atoms with van der Waals surface area (Å²) in [5, 5.41) is 6.79. The average molecular weight is 382 g/mol. The van der Waals surface area contributed by atoms with Crippen LogP contribution < -0.4 is 10.6 Å². The van der Waals surface area contributed by atoms with E-state index >= 15 is 0 Å². The van der Waals surface area contributed by atoms with Gasteiger partial charge in [-0.05, 0) is 24.5 Å². The third-order valence-corrected chi connectivity index (χ3v) is 5.19. The summed E-state index contributed by atoms with van der Waals surface area (Å²) in [5.41, 5.74) is 1.61. The summed E-state index contributed by atoms with van der Waals surface area (Å²) in [6, 6.07) is 8.49. The maximum absolute atomic E-state index is 5.64. The maximum atomic E-state index is 5.64. The molecule has 0 bridgehead atoms. The van der Waals surface area contributed by atoms with Gasteiger partial charge in [0.1, 0.15) is 0 Å². The summed E-state index contributed by atoms with van der Waals surface area (Å²) in [6.07, 6.45) is 2.51. The van der Waals surface area contributed by atoms with Crippen LogP contribution in [-0.2, 0) is 14.9 Å². The Morgan fingerprint density at radius 1 is 1.30 bits per heavy atom. The third-order valence-electron chi connectivity index (χ3n) is 4.50. The molecule has 1 heterocycles. The van der Waals surface area contributed by atoms with Crippen molar-refractivity contribution in [3.63, 3.8) is 0 Å². The number of nitrogens with one attached hydrogen (secondary N) is 2. The van der Waals surface area contributed by atoms with E-state index in [1.54, 1.807) is 7.05 Å². The van der Waals surface area contributed by atoms with Crippen LogP contribution in [0.15, 0.2) is 33.7 Å². The first-order valence-electron chi connectivity index (χ1n) is 8.12. The van der Waals surface area contributed by atoms with Gasteiger partial charge in [-0.1, -0.05) is 34.1 Å². The first kappa shape index (κ1) is 16.7. The van der Waals surface area contributed by atoms with E-state index in [0.29, 0.717) is 26.4 Å². The zero-order valence-corrected chi connectivity index (χ0v) is 15.1. The molecule has 1 saturated carbocycles. The molecular weight excluding hydrogens is 358 g/mol. The van der Waals surface area contributed by atoms with Gasteiger partial charge in [0, 0.05) is 30.0 Å². The minimum atomic E-state index is 0.0976. The number of nitrogens with zero attached hydrogens (tertiary/aromatic N) is 1. The first-order chi connectivity index (χ1) is 11.2. The molecule has 0 aromatic heterocycles. The second-order valence-corrected chi connectivity index (χ2v) is 6.99. The van der Waals surface area contributed by atoms with E-state index in [2.05, 4.69) is 55.8 Å². The molecule has 1 unspecified atom stereocenters. The predicted molar refractivity (Wildman–Crippen MR) is 95.0 cm³/mol. The molecule has 0 spiro atoms. The van der Waals surface area contributed by atoms with Crippen molar-refractivity contribution in [1.82, 2.24) is 10.6 Å². The van der Waals surface area contributed by atoms with Crippen molar-refractivity contribution in [3.8, 4) is 0 Å². The number of halogens is 1. The van der Waals surface area contributed by atoms with Crippen molar-refractivity contribution in [1.29, 1.82) is 0 Å². The topological polar surface area (TPSA) is 54.9 Å². The second kappa shape index (κ2) is 7.64. The van der Waals surface area contributed by atoms with Gasteiger partial charge in [0.05, 0.1) is 25.9 Å². The van der Waals surface area contributed by atoms with E-state index < -0.39 is 0 Å². The van der Waals surface area contributed by atoms with Gasteiger partial charge in [-0.3, -0.25) is 4.99 Å². The van der Waals surface area contributed by atoms with E-state index in [9.17, 15) is 0 Å². The smallest absolute Gasteiger partial charge is 0.191 e. The monoisotopic (exact) mass is 381 g/mol. The zero-order valence-electron chi connectivity index (χ0n) is 13.5. The van der Waals surface area contributed by atoms with Crippen LogP contribution >= 0.6 is 15.9 Å². The highest BCUT2D eigenvalue weighted by molar-refractivity contribution is 9.10. The minimum absolute atomic E-state index is 0.0976. The molecular formula is C17H24BrN3O2. The van der Waals surface area contributed by atoms with E-state index in [1.807, 2.05) is 0 Å². The van der Waals surface area contributed by atoms with Gasteiger partial charge in [0.25, 0.3) is 0 Å². The SMILES string of the molecule is CN=C(NCC1COCCO1)NCC1(c2ccccc2Br)CC1. The summed E-state index contributed by atoms with van der Waals surface area (Å²) >= 11 is 3.67. The van der Waals surface area contributed by atoms with E-state index in [1.165, 1.54) is 22.9 Å². The number of hydrogen-bond donors (Lipinski definition) is 2. The number of ether oxygens (including phenoxy) is 2. The molecule has 1 aliphatic heterocycles. The average Bonchev–Trinajstić information content (AvgIpc) is 3.37. The molecule has 1 saturated heterocycles. The molecule has 2 N–H and O–H groups in total. The van der Waals surface area contributed by atoms with E-state index in [-0.39, 0.29) is 11.5 Å². The Bertz CT molecular complexity index is 555. The lowest BCUT2D eigenvalue weighted by molar-refractivity contribution is -0.0850. The van der Waals surface area contributed by atoms with Crippen LogP contribution in [0.25, 0.3) is 0 Å². The molecule has 1 atom stereocenters. The highest BCUT2D eigenvalue weighted by atomic mass is 79.9. The maximum Gasteiger partial charge on any atom is 0.191 e. The Morgan fingerprint density at radius 2 is 2.13 bits per heavy atom. The molecule has 1 aromatic rings. The number of guanidine groups is 1. The molecule has 5 nitrogen and oxygen atoms in total. The quantitative estimate of drug-likeness (QED) is 0.605. The van der Waals surface area contributed by atoms with E-state index in [0.717, 1.165) is 12.5 Å². The van der Waals surface area contributed by atoms with Crippen LogP contribution in [0.2, 0.25) is 0 Å². The zero-order chi connectivity index (χ0) is 16.1. The van der Waals surface area contributed by atoms with Crippen molar-refractivity contribution in [3.05, 3.63) is 34.3 Å². The fourth-order valence-corrected chi connectivity index (χ4v) is 3.63. The number of aliphatic imine (C=N–C) groups is 1. The van der Waals surface area contributed by atoms with Crippen molar-refractivity contribution in [2.45, 2.75) is 24.4 Å². The Hall–Kier alpha value is -1.11. The Kier molecular flexibility index (Phi) is 5.56. The Morgan fingerprint density at radius 3 is 2.78 bits per heavy atom. The van der Waals surface area contributed by atoms with Crippen LogP contribution in [0.1, 0.15) is 18.4 Å². The number of benzene rings is 1. The second-order valence-electron chi connectivity index (χ2n) is 6.13. The molecule has 2 fully saturated rings. The number of rotatable bonds is 5. The van der Waals surface area contributed by atoms with Gasteiger partial charge in [-0.25, -0.2) is 0 Å². The van der Waals surface area contributed by atoms with Crippen LogP contribution in [0.5, 0.6) is 0 Å². The molecule has 0 radical (unpaired) electrons. The Labute approximate surface area is 146 Å². The van der Waals surface area contributed by atoms with Gasteiger partial charge in [0.2, 0.25) is 0 Å². The number of hydrogen-bond acceptors (Lipinski definition) is 3. The van der Waals surface area contributed by atoms with Crippen LogP contribution in [0.4, 0.5) is 0 Å². The summed E-state index contributed by atoms with van der Waals surface area (Å²) in [4.78, 5) is 4.31. The molecule has 1 aromatic carbocycles. The lowest BCUT2D eigenvalue weighted by atomic mass is 9.96. The predicted octanol–water partition coefficient (Wildman–Crippen LogP) is 2.06. The van der Waals surface area contributed by atoms with E-state index in [4.69, 9.17) is 9.47 Å². The van der Waals surface area contributed by atoms with Gasteiger partial charge in [0.15, 0.2) is 5.96 Å². The fraction of sp³-hybridized carbons (Fsp3) is 0.588. The highest BCUT2D eigenvalue weighted by Gasteiger charge is 2.45. The summed E-state index contributed by atoms with van der Waals surface area (Å²) in [7, 11) is 1.80. The summed E-state index contributed by atoms with van der Waals surface area (Å²) < 4.78 is 12.2. The van der Waals surface area contributed by atoms with Crippen molar-refractivity contribution in [2.24, 2.45) is 4.99 Å². The largest absolute Gasteiger partial charge is 0.376 e. The van der Waals surface area contributed by atoms with Crippen molar-refractivity contribution < 1.29 is 9.47 Å². The first-order valence-corrected chi connectivity index (χ1v) is 8.92.